The molecule has 1 aliphatic heterocycles. The molecule has 2 heterocycles. The highest BCUT2D eigenvalue weighted by molar-refractivity contribution is 8.00. The van der Waals surface area contributed by atoms with Gasteiger partial charge in [0.1, 0.15) is 5.75 Å². The van der Waals surface area contributed by atoms with Crippen LogP contribution < -0.4 is 15.5 Å². The highest BCUT2D eigenvalue weighted by Crippen LogP contribution is 2.50. The minimum atomic E-state index is -0.341. The molecule has 160 valence electrons. The van der Waals surface area contributed by atoms with Crippen LogP contribution in [0.3, 0.4) is 0 Å². The number of thioether (sulfide) groups is 1. The fourth-order valence-electron chi connectivity index (χ4n) is 3.67. The summed E-state index contributed by atoms with van der Waals surface area (Å²) in [4.78, 5) is 26.0. The molecular weight excluding hydrogens is 420 g/mol. The monoisotopic (exact) mass is 446 g/mol. The Morgan fingerprint density at radius 3 is 2.57 bits per heavy atom. The van der Waals surface area contributed by atoms with Crippen molar-refractivity contribution < 1.29 is 19.5 Å². The Bertz CT molecular complexity index is 887. The molecule has 8 heteroatoms. The summed E-state index contributed by atoms with van der Waals surface area (Å²) in [5.74, 6) is 1.27. The van der Waals surface area contributed by atoms with Crippen molar-refractivity contribution in [1.29, 1.82) is 0 Å². The summed E-state index contributed by atoms with van der Waals surface area (Å²) in [6.45, 7) is 0.0334. The molecule has 0 spiro atoms. The van der Waals surface area contributed by atoms with Crippen LogP contribution in [0.15, 0.2) is 36.4 Å². The number of hydroxylamine groups is 1. The van der Waals surface area contributed by atoms with E-state index in [1.165, 1.54) is 4.88 Å². The zero-order chi connectivity index (χ0) is 21.0. The van der Waals surface area contributed by atoms with Crippen LogP contribution in [-0.4, -0.2) is 35.4 Å². The molecule has 1 atom stereocenters. The number of hydrogen-bond donors (Lipinski definition) is 3. The first kappa shape index (κ1) is 21.2. The van der Waals surface area contributed by atoms with E-state index in [9.17, 15) is 9.59 Å². The third-order valence-corrected chi connectivity index (χ3v) is 8.51. The molecule has 2 amide bonds. The number of nitrogens with one attached hydrogen (secondary N) is 2. The van der Waals surface area contributed by atoms with Gasteiger partial charge < -0.3 is 10.1 Å². The Morgan fingerprint density at radius 1 is 1.10 bits per heavy atom. The van der Waals surface area contributed by atoms with Gasteiger partial charge in [-0.1, -0.05) is 6.42 Å². The summed E-state index contributed by atoms with van der Waals surface area (Å²) in [6, 6.07) is 12.3. The number of thiophene rings is 1. The van der Waals surface area contributed by atoms with Crippen LogP contribution in [0.5, 0.6) is 5.75 Å². The SMILES string of the molecule is O=C(C[C@]1(c2ccc(-c3ccc(OCC(=O)NC4CC4)cc3)s2)CCCCS1)NO. The van der Waals surface area contributed by atoms with Gasteiger partial charge in [-0.3, -0.25) is 14.8 Å². The summed E-state index contributed by atoms with van der Waals surface area (Å²) >= 11 is 3.51. The zero-order valence-corrected chi connectivity index (χ0v) is 18.3. The van der Waals surface area contributed by atoms with E-state index in [0.29, 0.717) is 11.8 Å². The Balaban J connectivity index is 1.43. The Morgan fingerprint density at radius 2 is 1.90 bits per heavy atom. The molecule has 6 nitrogen and oxygen atoms in total. The third-order valence-electron chi connectivity index (χ3n) is 5.43. The smallest absolute Gasteiger partial charge is 0.258 e. The molecular formula is C22H26N2O4S2. The van der Waals surface area contributed by atoms with E-state index < -0.39 is 0 Å². The molecule has 1 saturated carbocycles. The normalized spacial score (nSPS) is 21.1. The average Bonchev–Trinajstić information content (AvgIpc) is 3.43. The van der Waals surface area contributed by atoms with Gasteiger partial charge in [-0.15, -0.1) is 23.1 Å². The molecule has 2 fully saturated rings. The first-order valence-corrected chi connectivity index (χ1v) is 12.1. The van der Waals surface area contributed by atoms with Gasteiger partial charge in [-0.2, -0.15) is 0 Å². The highest BCUT2D eigenvalue weighted by Gasteiger charge is 2.38. The molecule has 2 aromatic rings. The molecule has 30 heavy (non-hydrogen) atoms. The van der Waals surface area contributed by atoms with E-state index in [4.69, 9.17) is 9.94 Å². The maximum absolute atomic E-state index is 11.9. The van der Waals surface area contributed by atoms with Gasteiger partial charge in [0.2, 0.25) is 5.91 Å². The van der Waals surface area contributed by atoms with Crippen molar-refractivity contribution in [2.75, 3.05) is 12.4 Å². The van der Waals surface area contributed by atoms with Crippen molar-refractivity contribution in [3.8, 4) is 16.2 Å². The van der Waals surface area contributed by atoms with Gasteiger partial charge in [0, 0.05) is 22.2 Å². The van der Waals surface area contributed by atoms with Crippen molar-refractivity contribution in [1.82, 2.24) is 10.8 Å². The van der Waals surface area contributed by atoms with E-state index >= 15 is 0 Å². The second-order valence-corrected chi connectivity index (χ2v) is 10.4. The molecule has 4 rings (SSSR count). The second kappa shape index (κ2) is 9.41. The summed E-state index contributed by atoms with van der Waals surface area (Å²) < 4.78 is 5.31. The lowest BCUT2D eigenvalue weighted by Crippen LogP contribution is -2.32. The average molecular weight is 447 g/mol. The van der Waals surface area contributed by atoms with E-state index in [-0.39, 0.29) is 29.6 Å². The molecule has 2 aliphatic rings. The van der Waals surface area contributed by atoms with E-state index in [2.05, 4.69) is 17.4 Å². The molecule has 0 unspecified atom stereocenters. The van der Waals surface area contributed by atoms with Gasteiger partial charge in [-0.25, -0.2) is 5.48 Å². The molecule has 1 saturated heterocycles. The zero-order valence-electron chi connectivity index (χ0n) is 16.7. The first-order chi connectivity index (χ1) is 14.6. The molecule has 0 bridgehead atoms. The molecule has 1 aliphatic carbocycles. The quantitative estimate of drug-likeness (QED) is 0.420. The fraction of sp³-hybridized carbons (Fsp3) is 0.455. The van der Waals surface area contributed by atoms with Crippen molar-refractivity contribution in [2.24, 2.45) is 0 Å². The van der Waals surface area contributed by atoms with Gasteiger partial charge in [0.25, 0.3) is 5.91 Å². The third kappa shape index (κ3) is 5.17. The first-order valence-electron chi connectivity index (χ1n) is 10.3. The largest absolute Gasteiger partial charge is 0.484 e. The van der Waals surface area contributed by atoms with Crippen molar-refractivity contribution in [3.05, 3.63) is 41.3 Å². The minimum Gasteiger partial charge on any atom is -0.484 e. The molecule has 1 aromatic carbocycles. The maximum atomic E-state index is 11.9. The molecule has 0 radical (unpaired) electrons. The number of hydrogen-bond acceptors (Lipinski definition) is 6. The Labute approximate surface area is 184 Å². The van der Waals surface area contributed by atoms with Gasteiger partial charge in [-0.05, 0) is 73.4 Å². The number of amides is 2. The summed E-state index contributed by atoms with van der Waals surface area (Å²) in [5.41, 5.74) is 2.87. The minimum absolute atomic E-state index is 0.0334. The lowest BCUT2D eigenvalue weighted by Gasteiger charge is -2.35. The van der Waals surface area contributed by atoms with Crippen LogP contribution in [0.1, 0.15) is 43.4 Å². The van der Waals surface area contributed by atoms with Gasteiger partial charge >= 0.3 is 0 Å². The van der Waals surface area contributed by atoms with E-state index in [1.54, 1.807) is 16.8 Å². The Kier molecular flexibility index (Phi) is 6.65. The van der Waals surface area contributed by atoms with Crippen LogP contribution >= 0.6 is 23.1 Å². The van der Waals surface area contributed by atoms with E-state index in [1.807, 2.05) is 36.0 Å². The Hall–Kier alpha value is -2.03. The summed E-state index contributed by atoms with van der Waals surface area (Å²) in [5, 5.41) is 11.9. The van der Waals surface area contributed by atoms with Crippen molar-refractivity contribution >= 4 is 34.9 Å². The predicted octanol–water partition coefficient (Wildman–Crippen LogP) is 4.08. The summed E-state index contributed by atoms with van der Waals surface area (Å²) in [7, 11) is 0. The number of carbonyl (C=O) groups is 2. The number of carbonyl (C=O) groups excluding carboxylic acids is 2. The standard InChI is InChI=1S/C22H26N2O4S2/c25-20(24-27)13-22(11-1-2-12-29-22)19-10-9-18(30-19)15-3-7-17(8-4-15)28-14-21(26)23-16-5-6-16/h3-4,7-10,16,27H,1-2,5-6,11-14H2,(H,23,26)(H,24,25)/t22-/m0/s1. The lowest BCUT2D eigenvalue weighted by atomic mass is 9.94. The van der Waals surface area contributed by atoms with Crippen LogP contribution in [0, 0.1) is 0 Å². The second-order valence-electron chi connectivity index (χ2n) is 7.83. The van der Waals surface area contributed by atoms with Crippen LogP contribution in [-0.2, 0) is 14.3 Å². The van der Waals surface area contributed by atoms with Crippen LogP contribution in [0.4, 0.5) is 0 Å². The topological polar surface area (TPSA) is 87.7 Å². The number of benzene rings is 1. The van der Waals surface area contributed by atoms with Crippen molar-refractivity contribution in [2.45, 2.75) is 49.3 Å². The number of rotatable bonds is 8. The van der Waals surface area contributed by atoms with Crippen LogP contribution in [0.2, 0.25) is 0 Å². The fourth-order valence-corrected chi connectivity index (χ4v) is 6.57. The highest BCUT2D eigenvalue weighted by atomic mass is 32.2. The molecule has 3 N–H and O–H groups in total. The predicted molar refractivity (Wildman–Crippen MR) is 119 cm³/mol. The molecule has 1 aromatic heterocycles. The van der Waals surface area contributed by atoms with Crippen molar-refractivity contribution in [3.63, 3.8) is 0 Å². The van der Waals surface area contributed by atoms with E-state index in [0.717, 1.165) is 48.3 Å². The van der Waals surface area contributed by atoms with Gasteiger partial charge in [0.05, 0.1) is 4.75 Å². The lowest BCUT2D eigenvalue weighted by molar-refractivity contribution is -0.130. The van der Waals surface area contributed by atoms with Gasteiger partial charge in [0.15, 0.2) is 6.61 Å². The number of ether oxygens (including phenoxy) is 1. The maximum Gasteiger partial charge on any atom is 0.258 e. The van der Waals surface area contributed by atoms with Crippen LogP contribution in [0.25, 0.3) is 10.4 Å². The summed E-state index contributed by atoms with van der Waals surface area (Å²) in [6.07, 6.45) is 5.58.